The number of benzene rings is 9. The lowest BCUT2D eigenvalue weighted by Crippen LogP contribution is -2.65. The van der Waals surface area contributed by atoms with Crippen LogP contribution in [0.15, 0.2) is 223 Å². The van der Waals surface area contributed by atoms with Gasteiger partial charge in [0, 0.05) is 67.9 Å². The molecule has 10 aromatic rings. The summed E-state index contributed by atoms with van der Waals surface area (Å²) in [7, 11) is 0. The first kappa shape index (κ1) is 34.5. The van der Waals surface area contributed by atoms with Crippen LogP contribution < -0.4 is 52.6 Å². The third-order valence-corrected chi connectivity index (χ3v) is 13.6. The van der Waals surface area contributed by atoms with Crippen molar-refractivity contribution in [3.63, 3.8) is 0 Å². The summed E-state index contributed by atoms with van der Waals surface area (Å²) in [5.74, 6) is 0. The van der Waals surface area contributed by atoms with Gasteiger partial charge in [0.25, 0.3) is 13.4 Å². The van der Waals surface area contributed by atoms with Crippen molar-refractivity contribution in [2.45, 2.75) is 0 Å². The molecule has 0 spiro atoms. The number of para-hydroxylation sites is 6. The Morgan fingerprint density at radius 1 is 0.302 bits per heavy atom. The van der Waals surface area contributed by atoms with Crippen molar-refractivity contribution in [1.29, 1.82) is 0 Å². The van der Waals surface area contributed by atoms with E-state index in [9.17, 15) is 0 Å². The lowest BCUT2D eigenvalue weighted by molar-refractivity contribution is 0.651. The lowest BCUT2D eigenvalue weighted by Gasteiger charge is -2.46. The van der Waals surface area contributed by atoms with Gasteiger partial charge in [0.1, 0.15) is 5.58 Å². The number of furan rings is 1. The monoisotopic (exact) mass is 802 g/mol. The predicted octanol–water partition coefficient (Wildman–Crippen LogP) is 10.6. The van der Waals surface area contributed by atoms with Crippen LogP contribution in [0.25, 0.3) is 11.0 Å². The molecule has 0 saturated heterocycles. The molecule has 0 bridgehead atoms. The van der Waals surface area contributed by atoms with Crippen LogP contribution >= 0.6 is 0 Å². The van der Waals surface area contributed by atoms with Crippen molar-refractivity contribution in [3.05, 3.63) is 218 Å². The first-order valence-corrected chi connectivity index (χ1v) is 21.8. The quantitative estimate of drug-likeness (QED) is 0.165. The summed E-state index contributed by atoms with van der Waals surface area (Å²) < 4.78 is 7.21. The molecule has 0 radical (unpaired) electrons. The van der Waals surface area contributed by atoms with Gasteiger partial charge >= 0.3 is 0 Å². The van der Waals surface area contributed by atoms with E-state index in [0.717, 1.165) is 62.1 Å². The van der Waals surface area contributed by atoms with Crippen LogP contribution in [0.3, 0.4) is 0 Å². The highest BCUT2D eigenvalue weighted by molar-refractivity contribution is 7.03. The number of fused-ring (bicyclic) bond motifs is 10. The number of rotatable bonds is 4. The standard InChI is InChI=1S/C56H36B2N4O/c1-5-19-37(20-6-1)59-45-29-15-14-28-42(45)57-43-35-44-51(36-50(43)60(38-21-7-2-8-22-38)47-31-17-30-46(59)53(47)57)61(39-23-9-3-10-24-39)48-32-18-33-49-54(48)58(44)56-55(41-27-13-16-34-52(41)63-56)62(49)40-25-11-4-12-26-40/h1-36H. The van der Waals surface area contributed by atoms with E-state index in [2.05, 4.69) is 238 Å². The van der Waals surface area contributed by atoms with Crippen molar-refractivity contribution >= 4 is 126 Å². The minimum atomic E-state index is -0.180. The lowest BCUT2D eigenvalue weighted by atomic mass is 9.31. The third-order valence-electron chi connectivity index (χ3n) is 13.6. The summed E-state index contributed by atoms with van der Waals surface area (Å²) in [6, 6.07) is 79.6. The molecule has 0 N–H and O–H groups in total. The van der Waals surface area contributed by atoms with Gasteiger partial charge in [-0.1, -0.05) is 121 Å². The van der Waals surface area contributed by atoms with Crippen LogP contribution in [0.1, 0.15) is 0 Å². The van der Waals surface area contributed by atoms with Crippen molar-refractivity contribution in [3.8, 4) is 0 Å². The molecule has 4 aliphatic heterocycles. The second-order valence-electron chi connectivity index (χ2n) is 16.8. The second-order valence-corrected chi connectivity index (χ2v) is 16.8. The van der Waals surface area contributed by atoms with Gasteiger partial charge in [-0.15, -0.1) is 0 Å². The Morgan fingerprint density at radius 3 is 1.29 bits per heavy atom. The van der Waals surface area contributed by atoms with E-state index in [0.29, 0.717) is 0 Å². The molecule has 0 aliphatic carbocycles. The summed E-state index contributed by atoms with van der Waals surface area (Å²) in [6.45, 7) is -0.214. The highest BCUT2D eigenvalue weighted by Gasteiger charge is 2.49. The number of nitrogens with zero attached hydrogens (tertiary/aromatic N) is 4. The number of hydrogen-bond acceptors (Lipinski definition) is 5. The predicted molar refractivity (Wildman–Crippen MR) is 264 cm³/mol. The zero-order valence-corrected chi connectivity index (χ0v) is 34.1. The molecule has 4 aliphatic rings. The highest BCUT2D eigenvalue weighted by Crippen LogP contribution is 2.49. The fraction of sp³-hybridized carbons (Fsp3) is 0. The van der Waals surface area contributed by atoms with Crippen LogP contribution in [0.5, 0.6) is 0 Å². The first-order valence-electron chi connectivity index (χ1n) is 21.8. The van der Waals surface area contributed by atoms with Crippen LogP contribution in [0, 0.1) is 0 Å². The summed E-state index contributed by atoms with van der Waals surface area (Å²) in [5, 5.41) is 1.11. The fourth-order valence-electron chi connectivity index (χ4n) is 11.2. The topological polar surface area (TPSA) is 26.1 Å². The van der Waals surface area contributed by atoms with Crippen LogP contribution in [0.2, 0.25) is 0 Å². The van der Waals surface area contributed by atoms with Gasteiger partial charge in [-0.3, -0.25) is 0 Å². The van der Waals surface area contributed by atoms with Gasteiger partial charge in [0.05, 0.1) is 11.3 Å². The molecule has 0 amide bonds. The SMILES string of the molecule is c1ccc(N2c3ccccc3B3c4cc5c(cc4N(c4ccccc4)c4cccc2c43)N(c2ccccc2)c2cccc3c2B5c2oc4ccccc4c2N3c2ccccc2)cc1. The average molecular weight is 803 g/mol. The van der Waals surface area contributed by atoms with Gasteiger partial charge in [-0.2, -0.15) is 0 Å². The Balaban J connectivity index is 1.11. The molecule has 0 unspecified atom stereocenters. The van der Waals surface area contributed by atoms with E-state index in [4.69, 9.17) is 4.42 Å². The summed E-state index contributed by atoms with van der Waals surface area (Å²) in [5.41, 5.74) is 22.0. The molecule has 0 atom stereocenters. The van der Waals surface area contributed by atoms with Crippen LogP contribution in [-0.2, 0) is 0 Å². The maximum absolute atomic E-state index is 7.21. The van der Waals surface area contributed by atoms with Crippen LogP contribution in [-0.4, -0.2) is 13.4 Å². The minimum absolute atomic E-state index is 0.0333. The van der Waals surface area contributed by atoms with Gasteiger partial charge < -0.3 is 24.0 Å². The Hall–Kier alpha value is -8.15. The van der Waals surface area contributed by atoms with Gasteiger partial charge in [0.15, 0.2) is 0 Å². The smallest absolute Gasteiger partial charge is 0.297 e. The van der Waals surface area contributed by atoms with E-state index in [-0.39, 0.29) is 13.4 Å². The Labute approximate surface area is 366 Å². The van der Waals surface area contributed by atoms with Crippen molar-refractivity contribution in [2.24, 2.45) is 0 Å². The fourth-order valence-corrected chi connectivity index (χ4v) is 11.2. The summed E-state index contributed by atoms with van der Waals surface area (Å²) >= 11 is 0. The molecule has 5 nitrogen and oxygen atoms in total. The number of hydrogen-bond donors (Lipinski definition) is 0. The first-order chi connectivity index (χ1) is 31.3. The molecule has 292 valence electrons. The average Bonchev–Trinajstić information content (AvgIpc) is 3.73. The summed E-state index contributed by atoms with van der Waals surface area (Å²) in [6.07, 6.45) is 0. The maximum atomic E-state index is 7.21. The van der Waals surface area contributed by atoms with E-state index < -0.39 is 0 Å². The zero-order chi connectivity index (χ0) is 41.2. The second kappa shape index (κ2) is 13.2. The Bertz CT molecular complexity index is 3450. The van der Waals surface area contributed by atoms with Crippen molar-refractivity contribution in [1.82, 2.24) is 0 Å². The Morgan fingerprint density at radius 2 is 0.714 bits per heavy atom. The summed E-state index contributed by atoms with van der Waals surface area (Å²) in [4.78, 5) is 9.87. The maximum Gasteiger partial charge on any atom is 0.297 e. The molecule has 0 fully saturated rings. The zero-order valence-electron chi connectivity index (χ0n) is 34.1. The largest absolute Gasteiger partial charge is 0.468 e. The molecule has 5 heterocycles. The van der Waals surface area contributed by atoms with E-state index in [1.807, 2.05) is 0 Å². The molecule has 9 aromatic carbocycles. The van der Waals surface area contributed by atoms with E-state index >= 15 is 0 Å². The normalized spacial score (nSPS) is 13.8. The molecular formula is C56H36B2N4O. The van der Waals surface area contributed by atoms with E-state index in [1.54, 1.807) is 0 Å². The number of anilines is 12. The van der Waals surface area contributed by atoms with Gasteiger partial charge in [0.2, 0.25) is 0 Å². The molecule has 0 saturated carbocycles. The molecule has 7 heteroatoms. The van der Waals surface area contributed by atoms with Gasteiger partial charge in [-0.25, -0.2) is 0 Å². The van der Waals surface area contributed by atoms with E-state index in [1.165, 1.54) is 50.1 Å². The van der Waals surface area contributed by atoms with Gasteiger partial charge in [-0.05, 0) is 124 Å². The molecule has 14 rings (SSSR count). The molecular weight excluding hydrogens is 766 g/mol. The Kier molecular flexibility index (Phi) is 7.22. The van der Waals surface area contributed by atoms with Crippen molar-refractivity contribution in [2.75, 3.05) is 19.6 Å². The van der Waals surface area contributed by atoms with Crippen molar-refractivity contribution < 1.29 is 4.42 Å². The minimum Gasteiger partial charge on any atom is -0.468 e. The highest BCUT2D eigenvalue weighted by atomic mass is 16.3. The molecule has 63 heavy (non-hydrogen) atoms. The third kappa shape index (κ3) is 4.79. The molecule has 1 aromatic heterocycles. The van der Waals surface area contributed by atoms with Crippen LogP contribution in [0.4, 0.5) is 68.2 Å².